The molecule has 5 nitrogen and oxygen atoms in total. The summed E-state index contributed by atoms with van der Waals surface area (Å²) in [4.78, 5) is 7.48. The van der Waals surface area contributed by atoms with E-state index >= 15 is 0 Å². The molecule has 1 heterocycles. The van der Waals surface area contributed by atoms with Crippen LogP contribution in [0.1, 0.15) is 5.56 Å². The molecule has 4 aromatic rings. The van der Waals surface area contributed by atoms with Crippen LogP contribution < -0.4 is 4.72 Å². The monoisotopic (exact) mass is 447 g/mol. The summed E-state index contributed by atoms with van der Waals surface area (Å²) < 4.78 is 80.6. The summed E-state index contributed by atoms with van der Waals surface area (Å²) in [5, 5.41) is 0.963. The summed E-state index contributed by atoms with van der Waals surface area (Å²) in [5.41, 5.74) is -0.761. The summed E-state index contributed by atoms with van der Waals surface area (Å²) >= 11 is 0. The highest BCUT2D eigenvalue weighted by Crippen LogP contribution is 2.35. The number of nitrogens with zero attached hydrogens (tertiary/aromatic N) is 2. The Labute approximate surface area is 174 Å². The van der Waals surface area contributed by atoms with Gasteiger partial charge in [-0.15, -0.1) is 0 Å². The van der Waals surface area contributed by atoms with Gasteiger partial charge in [0.25, 0.3) is 10.0 Å². The Kier molecular flexibility index (Phi) is 5.10. The van der Waals surface area contributed by atoms with Gasteiger partial charge in [0.1, 0.15) is 18.0 Å². The van der Waals surface area contributed by atoms with Gasteiger partial charge in [-0.3, -0.25) is 4.72 Å². The fourth-order valence-corrected chi connectivity index (χ4v) is 4.16. The van der Waals surface area contributed by atoms with E-state index in [9.17, 15) is 26.0 Å². The molecule has 3 aromatic carbocycles. The molecule has 0 unspecified atom stereocenters. The molecule has 0 bridgehead atoms. The Morgan fingerprint density at radius 1 is 0.903 bits per heavy atom. The Balaban J connectivity index is 1.76. The normalized spacial score (nSPS) is 12.1. The van der Waals surface area contributed by atoms with Gasteiger partial charge >= 0.3 is 6.18 Å². The van der Waals surface area contributed by atoms with Gasteiger partial charge in [0, 0.05) is 11.8 Å². The zero-order chi connectivity index (χ0) is 22.2. The van der Waals surface area contributed by atoms with Gasteiger partial charge in [0.2, 0.25) is 0 Å². The summed E-state index contributed by atoms with van der Waals surface area (Å²) in [6.45, 7) is 0. The molecule has 0 fully saturated rings. The Hall–Kier alpha value is -3.53. The zero-order valence-corrected chi connectivity index (χ0v) is 16.4. The molecule has 1 aromatic heterocycles. The van der Waals surface area contributed by atoms with Crippen LogP contribution >= 0.6 is 0 Å². The molecule has 4 rings (SSSR count). The Morgan fingerprint density at radius 3 is 2.39 bits per heavy atom. The van der Waals surface area contributed by atoms with Crippen LogP contribution in [-0.4, -0.2) is 18.4 Å². The van der Waals surface area contributed by atoms with E-state index in [0.29, 0.717) is 22.4 Å². The van der Waals surface area contributed by atoms with Crippen molar-refractivity contribution >= 4 is 26.6 Å². The molecule has 0 saturated carbocycles. The lowest BCUT2D eigenvalue weighted by atomic mass is 9.97. The first-order valence-corrected chi connectivity index (χ1v) is 10.3. The third-order valence-corrected chi connectivity index (χ3v) is 5.92. The number of sulfonamides is 1. The summed E-state index contributed by atoms with van der Waals surface area (Å²) in [5.74, 6) is -0.930. The van der Waals surface area contributed by atoms with Crippen molar-refractivity contribution in [1.29, 1.82) is 0 Å². The van der Waals surface area contributed by atoms with Crippen LogP contribution in [0.25, 0.3) is 21.9 Å². The average molecular weight is 447 g/mol. The number of hydrogen-bond donors (Lipinski definition) is 1. The summed E-state index contributed by atoms with van der Waals surface area (Å²) in [7, 11) is -3.95. The van der Waals surface area contributed by atoms with E-state index in [0.717, 1.165) is 12.1 Å². The highest BCUT2D eigenvalue weighted by molar-refractivity contribution is 7.92. The molecule has 158 valence electrons. The van der Waals surface area contributed by atoms with Crippen molar-refractivity contribution < 1.29 is 26.0 Å². The SMILES string of the molecule is O=S(=O)(Nc1ccncn1)c1ccc2c(-c3ccc(C(F)(F)F)cc3F)cccc2c1. The minimum atomic E-state index is -4.65. The van der Waals surface area contributed by atoms with E-state index in [1.807, 2.05) is 0 Å². The highest BCUT2D eigenvalue weighted by Gasteiger charge is 2.31. The topological polar surface area (TPSA) is 72.0 Å². The van der Waals surface area contributed by atoms with Crippen LogP contribution in [-0.2, 0) is 16.2 Å². The lowest BCUT2D eigenvalue weighted by molar-refractivity contribution is -0.137. The number of alkyl halides is 3. The largest absolute Gasteiger partial charge is 0.416 e. The first-order valence-electron chi connectivity index (χ1n) is 8.84. The van der Waals surface area contributed by atoms with Gasteiger partial charge in [-0.1, -0.05) is 30.3 Å². The third-order valence-electron chi connectivity index (χ3n) is 4.57. The van der Waals surface area contributed by atoms with Crippen molar-refractivity contribution in [3.8, 4) is 11.1 Å². The predicted molar refractivity (Wildman–Crippen MR) is 107 cm³/mol. The Bertz CT molecular complexity index is 1370. The summed E-state index contributed by atoms with van der Waals surface area (Å²) in [6.07, 6.45) is -2.07. The molecule has 0 saturated heterocycles. The van der Waals surface area contributed by atoms with Crippen molar-refractivity contribution in [2.75, 3.05) is 4.72 Å². The van der Waals surface area contributed by atoms with Crippen molar-refractivity contribution in [2.45, 2.75) is 11.1 Å². The van der Waals surface area contributed by atoms with Crippen molar-refractivity contribution in [3.63, 3.8) is 0 Å². The molecule has 0 aliphatic rings. The number of nitrogens with one attached hydrogen (secondary N) is 1. The van der Waals surface area contributed by atoms with Gasteiger partial charge in [-0.2, -0.15) is 13.2 Å². The number of halogens is 4. The number of rotatable bonds is 4. The van der Waals surface area contributed by atoms with E-state index in [4.69, 9.17) is 0 Å². The van der Waals surface area contributed by atoms with Crippen LogP contribution in [0.15, 0.2) is 78.1 Å². The molecular formula is C21H13F4N3O2S. The molecule has 0 aliphatic heterocycles. The second-order valence-electron chi connectivity index (χ2n) is 6.58. The maximum atomic E-state index is 14.5. The average Bonchev–Trinajstić information content (AvgIpc) is 2.73. The summed E-state index contributed by atoms with van der Waals surface area (Å²) in [6, 6.07) is 12.7. The number of benzene rings is 3. The van der Waals surface area contributed by atoms with E-state index < -0.39 is 27.6 Å². The van der Waals surface area contributed by atoms with Crippen molar-refractivity contribution in [3.05, 3.63) is 84.6 Å². The smallest absolute Gasteiger partial charge is 0.263 e. The van der Waals surface area contributed by atoms with Gasteiger partial charge in [-0.25, -0.2) is 22.8 Å². The van der Waals surface area contributed by atoms with Gasteiger partial charge in [-0.05, 0) is 46.7 Å². The van der Waals surface area contributed by atoms with Gasteiger partial charge in [0.05, 0.1) is 10.5 Å². The zero-order valence-electron chi connectivity index (χ0n) is 15.6. The molecule has 0 aliphatic carbocycles. The molecular weight excluding hydrogens is 434 g/mol. The highest BCUT2D eigenvalue weighted by atomic mass is 32.2. The minimum absolute atomic E-state index is 0.0201. The standard InChI is InChI=1S/C21H13F4N3O2S/c22-19-11-14(21(23,24)25)4-6-18(19)17-3-1-2-13-10-15(5-7-16(13)17)31(29,30)28-20-8-9-26-12-27-20/h1-12H,(H,26,27,28). The molecule has 1 N–H and O–H groups in total. The van der Waals surface area contributed by atoms with Crippen LogP contribution in [0, 0.1) is 5.82 Å². The fourth-order valence-electron chi connectivity index (χ4n) is 3.12. The predicted octanol–water partition coefficient (Wildman–Crippen LogP) is 5.26. The molecule has 10 heteroatoms. The van der Waals surface area contributed by atoms with Crippen LogP contribution in [0.4, 0.5) is 23.4 Å². The van der Waals surface area contributed by atoms with Crippen LogP contribution in [0.5, 0.6) is 0 Å². The second-order valence-corrected chi connectivity index (χ2v) is 8.26. The second kappa shape index (κ2) is 7.62. The lowest BCUT2D eigenvalue weighted by Gasteiger charge is -2.12. The quantitative estimate of drug-likeness (QED) is 0.434. The van der Waals surface area contributed by atoms with E-state index in [-0.39, 0.29) is 16.3 Å². The molecule has 0 atom stereocenters. The minimum Gasteiger partial charge on any atom is -0.263 e. The van der Waals surface area contributed by atoms with E-state index in [1.54, 1.807) is 18.2 Å². The number of aromatic nitrogens is 2. The lowest BCUT2D eigenvalue weighted by Crippen LogP contribution is -2.13. The number of hydrogen-bond acceptors (Lipinski definition) is 4. The fraction of sp³-hybridized carbons (Fsp3) is 0.0476. The maximum absolute atomic E-state index is 14.5. The first kappa shape index (κ1) is 20.7. The Morgan fingerprint density at radius 2 is 1.71 bits per heavy atom. The van der Waals surface area contributed by atoms with Crippen LogP contribution in [0.2, 0.25) is 0 Å². The van der Waals surface area contributed by atoms with E-state index in [2.05, 4.69) is 14.7 Å². The first-order chi connectivity index (χ1) is 14.6. The third kappa shape index (κ3) is 4.19. The molecule has 0 amide bonds. The number of anilines is 1. The van der Waals surface area contributed by atoms with E-state index in [1.165, 1.54) is 36.8 Å². The van der Waals surface area contributed by atoms with Crippen molar-refractivity contribution in [1.82, 2.24) is 9.97 Å². The van der Waals surface area contributed by atoms with Gasteiger partial charge in [0.15, 0.2) is 0 Å². The van der Waals surface area contributed by atoms with Gasteiger partial charge < -0.3 is 0 Å². The number of fused-ring (bicyclic) bond motifs is 1. The molecule has 31 heavy (non-hydrogen) atoms. The molecule has 0 radical (unpaired) electrons. The van der Waals surface area contributed by atoms with Crippen LogP contribution in [0.3, 0.4) is 0 Å². The maximum Gasteiger partial charge on any atom is 0.416 e. The van der Waals surface area contributed by atoms with Crippen molar-refractivity contribution in [2.24, 2.45) is 0 Å². The molecule has 0 spiro atoms.